The third-order valence-corrected chi connectivity index (χ3v) is 5.59. The second-order valence-electron chi connectivity index (χ2n) is 9.40. The van der Waals surface area contributed by atoms with E-state index >= 15 is 0 Å². The average molecular weight is 641 g/mol. The molecule has 0 saturated carbocycles. The smallest absolute Gasteiger partial charge is 0.305 e. The summed E-state index contributed by atoms with van der Waals surface area (Å²) in [6.07, 6.45) is 4.69. The number of carbonyl (C=O) groups excluding carboxylic acids is 2. The van der Waals surface area contributed by atoms with Gasteiger partial charge >= 0.3 is 17.9 Å². The van der Waals surface area contributed by atoms with E-state index in [0.717, 1.165) is 19.3 Å². The van der Waals surface area contributed by atoms with Crippen molar-refractivity contribution < 1.29 is 66.9 Å². The first-order valence-electron chi connectivity index (χ1n) is 15.7. The van der Waals surface area contributed by atoms with Gasteiger partial charge in [0.15, 0.2) is 0 Å². The molecule has 14 heteroatoms. The van der Waals surface area contributed by atoms with Crippen molar-refractivity contribution in [3.05, 3.63) is 0 Å². The van der Waals surface area contributed by atoms with E-state index in [1.165, 1.54) is 0 Å². The van der Waals surface area contributed by atoms with Crippen molar-refractivity contribution in [1.82, 2.24) is 0 Å². The van der Waals surface area contributed by atoms with Crippen molar-refractivity contribution in [2.45, 2.75) is 58.3 Å². The summed E-state index contributed by atoms with van der Waals surface area (Å²) in [7, 11) is 0. The van der Waals surface area contributed by atoms with Crippen molar-refractivity contribution in [2.24, 2.45) is 0 Å². The predicted molar refractivity (Wildman–Crippen MR) is 159 cm³/mol. The third-order valence-electron chi connectivity index (χ3n) is 5.59. The first-order chi connectivity index (χ1) is 21.6. The maximum atomic E-state index is 11.5. The summed E-state index contributed by atoms with van der Waals surface area (Å²) in [6, 6.07) is 0. The Kier molecular flexibility index (Phi) is 34.0. The highest BCUT2D eigenvalue weighted by Gasteiger charge is 2.04. The average Bonchev–Trinajstić information content (AvgIpc) is 3.00. The Morgan fingerprint density at radius 1 is 0.386 bits per heavy atom. The summed E-state index contributed by atoms with van der Waals surface area (Å²) in [5.41, 5.74) is 0. The molecule has 0 rings (SSSR count). The van der Waals surface area contributed by atoms with Crippen LogP contribution in [0.5, 0.6) is 0 Å². The number of hydrogen-bond acceptors (Lipinski definition) is 13. The number of ether oxygens (including phenoxy) is 10. The Morgan fingerprint density at radius 3 is 0.909 bits per heavy atom. The highest BCUT2D eigenvalue weighted by molar-refractivity contribution is 5.70. The zero-order chi connectivity index (χ0) is 32.2. The van der Waals surface area contributed by atoms with Crippen molar-refractivity contribution in [1.29, 1.82) is 0 Å². The summed E-state index contributed by atoms with van der Waals surface area (Å²) in [6.45, 7) is 9.51. The van der Waals surface area contributed by atoms with Crippen LogP contribution in [-0.4, -0.2) is 142 Å². The van der Waals surface area contributed by atoms with Gasteiger partial charge in [0, 0.05) is 19.3 Å². The molecule has 14 nitrogen and oxygen atoms in total. The van der Waals surface area contributed by atoms with Crippen LogP contribution in [0.4, 0.5) is 0 Å². The number of esters is 2. The Balaban J connectivity index is 3.13. The third kappa shape index (κ3) is 36.3. The molecule has 0 aromatic heterocycles. The molecule has 1 N–H and O–H groups in total. The molecule has 260 valence electrons. The maximum absolute atomic E-state index is 11.5. The molecule has 0 aromatic rings. The van der Waals surface area contributed by atoms with Gasteiger partial charge in [0.05, 0.1) is 106 Å². The van der Waals surface area contributed by atoms with Gasteiger partial charge in [0.2, 0.25) is 0 Å². The molecular weight excluding hydrogens is 584 g/mol. The molecule has 0 saturated heterocycles. The normalized spacial score (nSPS) is 11.1. The van der Waals surface area contributed by atoms with Gasteiger partial charge in [-0.25, -0.2) is 0 Å². The van der Waals surface area contributed by atoms with Gasteiger partial charge in [0.1, 0.15) is 13.2 Å². The van der Waals surface area contributed by atoms with Crippen molar-refractivity contribution >= 4 is 17.9 Å². The topological polar surface area (TPSA) is 164 Å². The fraction of sp³-hybridized carbons (Fsp3) is 0.900. The molecule has 0 unspecified atom stereocenters. The van der Waals surface area contributed by atoms with E-state index in [1.54, 1.807) is 0 Å². The van der Waals surface area contributed by atoms with Crippen LogP contribution in [-0.2, 0) is 61.8 Å². The van der Waals surface area contributed by atoms with Gasteiger partial charge in [-0.05, 0) is 19.3 Å². The molecule has 0 spiro atoms. The van der Waals surface area contributed by atoms with E-state index in [9.17, 15) is 14.4 Å². The minimum atomic E-state index is -0.864. The summed E-state index contributed by atoms with van der Waals surface area (Å²) < 4.78 is 53.3. The van der Waals surface area contributed by atoms with Crippen LogP contribution in [0.15, 0.2) is 0 Å². The number of carbonyl (C=O) groups is 3. The molecular formula is C30H56O14. The number of aliphatic carboxylic acids is 1. The van der Waals surface area contributed by atoms with Crippen LogP contribution in [0.25, 0.3) is 0 Å². The van der Waals surface area contributed by atoms with Crippen molar-refractivity contribution in [2.75, 3.05) is 119 Å². The Hall–Kier alpha value is -1.91. The molecule has 0 aromatic carbocycles. The number of unbranched alkanes of at least 4 members (excludes halogenated alkanes) is 3. The molecule has 0 amide bonds. The molecule has 0 atom stereocenters. The van der Waals surface area contributed by atoms with E-state index in [1.807, 2.05) is 0 Å². The highest BCUT2D eigenvalue weighted by atomic mass is 16.6. The number of carboxylic acid groups (broad SMARTS) is 1. The standard InChI is InChI=1S/C30H56O14/c1-2-3-4-8-29(33)43-26-24-41-22-20-39-18-16-37-14-12-35-10-11-36-13-15-38-17-19-40-21-23-42-25-27-44-30(34)9-6-5-7-28(31)32/h2-27H2,1H3,(H,31,32). The lowest BCUT2D eigenvalue weighted by Gasteiger charge is -2.09. The second kappa shape index (κ2) is 35.6. The molecule has 0 bridgehead atoms. The SMILES string of the molecule is CCCCCC(=O)OCCOCCOCCOCCOCCOCCOCCOCCOCCOC(=O)CCCCC(=O)O. The van der Waals surface area contributed by atoms with E-state index in [4.69, 9.17) is 52.5 Å². The van der Waals surface area contributed by atoms with Gasteiger partial charge in [-0.3, -0.25) is 14.4 Å². The first kappa shape index (κ1) is 42.1. The molecule has 0 radical (unpaired) electrons. The Morgan fingerprint density at radius 2 is 0.636 bits per heavy atom. The summed E-state index contributed by atoms with van der Waals surface area (Å²) in [5, 5.41) is 8.54. The summed E-state index contributed by atoms with van der Waals surface area (Å²) in [4.78, 5) is 33.3. The lowest BCUT2D eigenvalue weighted by molar-refractivity contribution is -0.146. The van der Waals surface area contributed by atoms with Gasteiger partial charge in [0.25, 0.3) is 0 Å². The largest absolute Gasteiger partial charge is 0.481 e. The molecule has 44 heavy (non-hydrogen) atoms. The molecule has 0 heterocycles. The monoisotopic (exact) mass is 640 g/mol. The fourth-order valence-electron chi connectivity index (χ4n) is 3.28. The van der Waals surface area contributed by atoms with Gasteiger partial charge in [-0.1, -0.05) is 19.8 Å². The molecule has 0 aliphatic rings. The van der Waals surface area contributed by atoms with E-state index < -0.39 is 5.97 Å². The van der Waals surface area contributed by atoms with E-state index in [0.29, 0.717) is 118 Å². The van der Waals surface area contributed by atoms with Crippen LogP contribution in [0, 0.1) is 0 Å². The van der Waals surface area contributed by atoms with Gasteiger partial charge in [-0.2, -0.15) is 0 Å². The molecule has 0 aliphatic heterocycles. The highest BCUT2D eigenvalue weighted by Crippen LogP contribution is 2.02. The minimum Gasteiger partial charge on any atom is -0.481 e. The maximum Gasteiger partial charge on any atom is 0.305 e. The summed E-state index contributed by atoms with van der Waals surface area (Å²) in [5.74, 6) is -1.38. The van der Waals surface area contributed by atoms with E-state index in [-0.39, 0.29) is 44.6 Å². The zero-order valence-corrected chi connectivity index (χ0v) is 26.6. The van der Waals surface area contributed by atoms with Crippen molar-refractivity contribution in [3.63, 3.8) is 0 Å². The zero-order valence-electron chi connectivity index (χ0n) is 26.6. The summed E-state index contributed by atoms with van der Waals surface area (Å²) >= 11 is 0. The van der Waals surface area contributed by atoms with Crippen LogP contribution >= 0.6 is 0 Å². The number of hydrogen-bond donors (Lipinski definition) is 1. The Labute approximate surface area is 262 Å². The van der Waals surface area contributed by atoms with Crippen molar-refractivity contribution in [3.8, 4) is 0 Å². The number of carboxylic acids is 1. The van der Waals surface area contributed by atoms with E-state index in [2.05, 4.69) is 6.92 Å². The first-order valence-corrected chi connectivity index (χ1v) is 15.7. The quantitative estimate of drug-likeness (QED) is 0.0784. The van der Waals surface area contributed by atoms with Crippen LogP contribution in [0.2, 0.25) is 0 Å². The molecule has 0 fully saturated rings. The van der Waals surface area contributed by atoms with Gasteiger partial charge in [-0.15, -0.1) is 0 Å². The fourth-order valence-corrected chi connectivity index (χ4v) is 3.28. The second-order valence-corrected chi connectivity index (χ2v) is 9.40. The van der Waals surface area contributed by atoms with Crippen LogP contribution in [0.1, 0.15) is 58.3 Å². The predicted octanol–water partition coefficient (Wildman–Crippen LogP) is 2.43. The molecule has 0 aliphatic carbocycles. The lowest BCUT2D eigenvalue weighted by Crippen LogP contribution is -2.15. The van der Waals surface area contributed by atoms with Gasteiger partial charge < -0.3 is 52.5 Å². The van der Waals surface area contributed by atoms with Crippen LogP contribution < -0.4 is 0 Å². The number of rotatable bonds is 36. The Bertz CT molecular complexity index is 649. The minimum absolute atomic E-state index is 0.0588. The van der Waals surface area contributed by atoms with Crippen LogP contribution in [0.3, 0.4) is 0 Å². The lowest BCUT2D eigenvalue weighted by atomic mass is 10.2.